The minimum atomic E-state index is -0.254. The van der Waals surface area contributed by atoms with Crippen molar-refractivity contribution in [2.24, 2.45) is 0 Å². The molecule has 3 aromatic rings. The molecule has 1 aromatic carbocycles. The molecule has 0 fully saturated rings. The third kappa shape index (κ3) is 1.66. The fourth-order valence-corrected chi connectivity index (χ4v) is 2.46. The summed E-state index contributed by atoms with van der Waals surface area (Å²) in [4.78, 5) is 5.05. The highest BCUT2D eigenvalue weighted by Gasteiger charge is 2.10. The van der Waals surface area contributed by atoms with Gasteiger partial charge in [-0.25, -0.2) is 8.91 Å². The van der Waals surface area contributed by atoms with E-state index in [-0.39, 0.29) is 5.82 Å². The van der Waals surface area contributed by atoms with Crippen molar-refractivity contribution in [2.45, 2.75) is 0 Å². The second-order valence-electron chi connectivity index (χ2n) is 3.51. The predicted molar refractivity (Wildman–Crippen MR) is 65.8 cm³/mol. The summed E-state index contributed by atoms with van der Waals surface area (Å²) in [6.45, 7) is 0. The van der Waals surface area contributed by atoms with Gasteiger partial charge in [-0.1, -0.05) is 12.1 Å². The lowest BCUT2D eigenvalue weighted by atomic mass is 10.2. The fourth-order valence-electron chi connectivity index (χ4n) is 1.63. The molecular weight excluding hydrogens is 239 g/mol. The van der Waals surface area contributed by atoms with E-state index in [1.165, 1.54) is 23.5 Å². The molecule has 2 heterocycles. The summed E-state index contributed by atoms with van der Waals surface area (Å²) in [7, 11) is 1.77. The minimum Gasteiger partial charge on any atom is -0.356 e. The van der Waals surface area contributed by atoms with E-state index in [1.807, 2.05) is 11.4 Å². The molecule has 4 nitrogen and oxygen atoms in total. The Labute approximate surface area is 101 Å². The van der Waals surface area contributed by atoms with Gasteiger partial charge >= 0.3 is 0 Å². The van der Waals surface area contributed by atoms with E-state index in [0.29, 0.717) is 5.95 Å². The zero-order chi connectivity index (χ0) is 11.8. The van der Waals surface area contributed by atoms with E-state index in [9.17, 15) is 4.39 Å². The maximum Gasteiger partial charge on any atom is 0.243 e. The van der Waals surface area contributed by atoms with E-state index in [4.69, 9.17) is 0 Å². The smallest absolute Gasteiger partial charge is 0.243 e. The lowest BCUT2D eigenvalue weighted by Gasteiger charge is -1.98. The normalized spacial score (nSPS) is 10.9. The maximum atomic E-state index is 13.2. The van der Waals surface area contributed by atoms with Crippen molar-refractivity contribution in [2.75, 3.05) is 12.4 Å². The van der Waals surface area contributed by atoms with Crippen LogP contribution < -0.4 is 5.32 Å². The highest BCUT2D eigenvalue weighted by Crippen LogP contribution is 2.26. The molecule has 0 aliphatic heterocycles. The molecule has 0 atom stereocenters. The van der Waals surface area contributed by atoms with Crippen LogP contribution in [0.1, 0.15) is 0 Å². The summed E-state index contributed by atoms with van der Waals surface area (Å²) in [6, 6.07) is 6.45. The van der Waals surface area contributed by atoms with E-state index in [0.717, 1.165) is 16.2 Å². The zero-order valence-electron chi connectivity index (χ0n) is 9.01. The number of nitrogens with one attached hydrogen (secondary N) is 1. The van der Waals surface area contributed by atoms with Gasteiger partial charge in [-0.2, -0.15) is 4.98 Å². The van der Waals surface area contributed by atoms with Gasteiger partial charge in [0.1, 0.15) is 5.82 Å². The van der Waals surface area contributed by atoms with E-state index >= 15 is 0 Å². The molecule has 1 N–H and O–H groups in total. The summed E-state index contributed by atoms with van der Waals surface area (Å²) in [5.74, 6) is 0.310. The molecule has 6 heteroatoms. The number of hydrogen-bond acceptors (Lipinski definition) is 4. The lowest BCUT2D eigenvalue weighted by molar-refractivity contribution is 0.628. The van der Waals surface area contributed by atoms with Crippen LogP contribution in [-0.2, 0) is 0 Å². The first-order valence-electron chi connectivity index (χ1n) is 5.06. The number of thiazole rings is 1. The van der Waals surface area contributed by atoms with Gasteiger partial charge in [-0.15, -0.1) is 16.4 Å². The van der Waals surface area contributed by atoms with Gasteiger partial charge in [0, 0.05) is 18.0 Å². The highest BCUT2D eigenvalue weighted by atomic mass is 32.1. The Kier molecular flexibility index (Phi) is 2.29. The Balaban J connectivity index is 2.19. The van der Waals surface area contributed by atoms with Gasteiger partial charge in [0.15, 0.2) is 0 Å². The van der Waals surface area contributed by atoms with Gasteiger partial charge in [0.25, 0.3) is 0 Å². The lowest BCUT2D eigenvalue weighted by Crippen LogP contribution is -1.92. The Morgan fingerprint density at radius 1 is 1.41 bits per heavy atom. The van der Waals surface area contributed by atoms with Crippen LogP contribution in [0.25, 0.3) is 16.2 Å². The van der Waals surface area contributed by atoms with Crippen molar-refractivity contribution in [3.63, 3.8) is 0 Å². The van der Waals surface area contributed by atoms with Crippen LogP contribution in [0.2, 0.25) is 0 Å². The number of rotatable bonds is 2. The van der Waals surface area contributed by atoms with Crippen molar-refractivity contribution < 1.29 is 4.39 Å². The number of hydrogen-bond donors (Lipinski definition) is 1. The molecule has 0 aliphatic rings. The average molecular weight is 248 g/mol. The van der Waals surface area contributed by atoms with Crippen LogP contribution in [0.4, 0.5) is 10.3 Å². The minimum absolute atomic E-state index is 0.254. The van der Waals surface area contributed by atoms with Crippen molar-refractivity contribution >= 4 is 22.2 Å². The Morgan fingerprint density at radius 3 is 3.06 bits per heavy atom. The van der Waals surface area contributed by atoms with E-state index in [1.54, 1.807) is 17.6 Å². The highest BCUT2D eigenvalue weighted by molar-refractivity contribution is 7.15. The van der Waals surface area contributed by atoms with Gasteiger partial charge in [-0.05, 0) is 12.1 Å². The first kappa shape index (κ1) is 10.2. The second-order valence-corrected chi connectivity index (χ2v) is 4.35. The molecule has 3 rings (SSSR count). The summed E-state index contributed by atoms with van der Waals surface area (Å²) in [5, 5.41) is 9.08. The number of nitrogens with zero attached hydrogens (tertiary/aromatic N) is 3. The van der Waals surface area contributed by atoms with Crippen molar-refractivity contribution in [1.29, 1.82) is 0 Å². The molecule has 86 valence electrons. The van der Waals surface area contributed by atoms with Crippen LogP contribution in [-0.4, -0.2) is 21.6 Å². The van der Waals surface area contributed by atoms with Gasteiger partial charge < -0.3 is 5.32 Å². The zero-order valence-corrected chi connectivity index (χ0v) is 9.83. The number of anilines is 1. The molecule has 17 heavy (non-hydrogen) atoms. The molecule has 0 bridgehead atoms. The Hall–Kier alpha value is -1.95. The van der Waals surface area contributed by atoms with Crippen LogP contribution in [0.5, 0.6) is 0 Å². The predicted octanol–water partition coefficient (Wildman–Crippen LogP) is 2.64. The van der Waals surface area contributed by atoms with E-state index < -0.39 is 0 Å². The molecule has 0 amide bonds. The van der Waals surface area contributed by atoms with Gasteiger partial charge in [0.05, 0.1) is 5.69 Å². The van der Waals surface area contributed by atoms with Crippen molar-refractivity contribution in [3.05, 3.63) is 35.5 Å². The monoisotopic (exact) mass is 248 g/mol. The van der Waals surface area contributed by atoms with Gasteiger partial charge in [0.2, 0.25) is 10.9 Å². The molecule has 0 saturated carbocycles. The third-order valence-electron chi connectivity index (χ3n) is 2.43. The van der Waals surface area contributed by atoms with Crippen LogP contribution in [0, 0.1) is 5.82 Å². The first-order valence-corrected chi connectivity index (χ1v) is 5.94. The summed E-state index contributed by atoms with van der Waals surface area (Å²) >= 11 is 1.48. The number of benzene rings is 1. The Bertz CT molecular complexity index is 673. The Morgan fingerprint density at radius 2 is 2.29 bits per heavy atom. The SMILES string of the molecule is CNc1nc2scc(-c3cccc(F)c3)n2n1. The maximum absolute atomic E-state index is 13.2. The number of aromatic nitrogens is 3. The molecule has 0 unspecified atom stereocenters. The molecule has 0 saturated heterocycles. The van der Waals surface area contributed by atoms with Gasteiger partial charge in [-0.3, -0.25) is 0 Å². The van der Waals surface area contributed by atoms with E-state index in [2.05, 4.69) is 15.4 Å². The third-order valence-corrected chi connectivity index (χ3v) is 3.24. The quantitative estimate of drug-likeness (QED) is 0.758. The van der Waals surface area contributed by atoms with Crippen LogP contribution >= 0.6 is 11.3 Å². The standard InChI is InChI=1S/C11H9FN4S/c1-13-10-14-11-16(15-10)9(6-17-11)7-3-2-4-8(12)5-7/h2-6H,1H3,(H,13,15). The summed E-state index contributed by atoms with van der Waals surface area (Å²) in [5.41, 5.74) is 1.64. The topological polar surface area (TPSA) is 42.2 Å². The summed E-state index contributed by atoms with van der Waals surface area (Å²) in [6.07, 6.45) is 0. The molecular formula is C11H9FN4S. The van der Waals surface area contributed by atoms with Crippen molar-refractivity contribution in [1.82, 2.24) is 14.6 Å². The molecule has 0 spiro atoms. The number of fused-ring (bicyclic) bond motifs is 1. The van der Waals surface area contributed by atoms with Crippen molar-refractivity contribution in [3.8, 4) is 11.3 Å². The van der Waals surface area contributed by atoms with Crippen LogP contribution in [0.15, 0.2) is 29.6 Å². The molecule has 2 aromatic heterocycles. The van der Waals surface area contributed by atoms with Crippen LogP contribution in [0.3, 0.4) is 0 Å². The fraction of sp³-hybridized carbons (Fsp3) is 0.0909. The first-order chi connectivity index (χ1) is 8.28. The second kappa shape index (κ2) is 3.81. The largest absolute Gasteiger partial charge is 0.356 e. The average Bonchev–Trinajstić information content (AvgIpc) is 2.87. The number of halogens is 1. The molecule has 0 aliphatic carbocycles. The summed E-state index contributed by atoms with van der Waals surface area (Å²) < 4.78 is 14.9. The molecule has 0 radical (unpaired) electrons.